The van der Waals surface area contributed by atoms with E-state index in [1.165, 1.54) is 0 Å². The van der Waals surface area contributed by atoms with Gasteiger partial charge in [0.25, 0.3) is 5.91 Å². The molecular formula is C13H16BrClN2O2. The van der Waals surface area contributed by atoms with Crippen molar-refractivity contribution in [2.45, 2.75) is 6.10 Å². The van der Waals surface area contributed by atoms with Crippen molar-refractivity contribution in [3.63, 3.8) is 0 Å². The lowest BCUT2D eigenvalue weighted by molar-refractivity contribution is -0.0175. The van der Waals surface area contributed by atoms with Crippen molar-refractivity contribution < 1.29 is 9.53 Å². The molecule has 2 rings (SSSR count). The van der Waals surface area contributed by atoms with Gasteiger partial charge in [0.15, 0.2) is 0 Å². The number of ether oxygens (including phenoxy) is 1. The molecule has 1 fully saturated rings. The third-order valence-corrected chi connectivity index (χ3v) is 3.90. The molecule has 1 aliphatic rings. The first-order valence-electron chi connectivity index (χ1n) is 6.09. The molecule has 1 atom stereocenters. The number of carbonyl (C=O) groups excluding carboxylic acids is 1. The van der Waals surface area contributed by atoms with Gasteiger partial charge in [-0.3, -0.25) is 4.79 Å². The molecule has 1 amide bonds. The van der Waals surface area contributed by atoms with Gasteiger partial charge in [0.05, 0.1) is 18.3 Å². The molecule has 19 heavy (non-hydrogen) atoms. The number of amides is 1. The number of nitrogens with one attached hydrogen (secondary N) is 1. The number of nitrogens with zero attached hydrogens (tertiary/aromatic N) is 1. The van der Waals surface area contributed by atoms with E-state index in [1.54, 1.807) is 18.2 Å². The summed E-state index contributed by atoms with van der Waals surface area (Å²) in [5.41, 5.74) is 0.577. The molecule has 0 spiro atoms. The van der Waals surface area contributed by atoms with Crippen LogP contribution in [-0.4, -0.2) is 50.2 Å². The minimum atomic E-state index is -0.125. The zero-order valence-electron chi connectivity index (χ0n) is 10.7. The Hall–Kier alpha value is -0.620. The fourth-order valence-electron chi connectivity index (χ4n) is 1.97. The van der Waals surface area contributed by atoms with Gasteiger partial charge in [-0.05, 0) is 41.2 Å². The van der Waals surface area contributed by atoms with Crippen LogP contribution in [0.5, 0.6) is 0 Å². The van der Waals surface area contributed by atoms with Crippen LogP contribution in [0.3, 0.4) is 0 Å². The second-order valence-corrected chi connectivity index (χ2v) is 5.88. The minimum Gasteiger partial charge on any atom is -0.374 e. The van der Waals surface area contributed by atoms with Crippen molar-refractivity contribution in [3.05, 3.63) is 33.3 Å². The molecule has 0 aromatic heterocycles. The molecule has 0 saturated carbocycles. The standard InChI is InChI=1S/C13H16BrClN2O2/c1-17-4-5-19-10(8-17)7-16-13(18)11-3-2-9(15)6-12(11)14/h2-3,6,10H,4-5,7-8H2,1H3,(H,16,18). The third kappa shape index (κ3) is 4.18. The molecule has 1 aromatic rings. The maximum Gasteiger partial charge on any atom is 0.252 e. The van der Waals surface area contributed by atoms with E-state index < -0.39 is 0 Å². The normalized spacial score (nSPS) is 20.3. The smallest absolute Gasteiger partial charge is 0.252 e. The number of halogens is 2. The number of rotatable bonds is 3. The largest absolute Gasteiger partial charge is 0.374 e. The van der Waals surface area contributed by atoms with Gasteiger partial charge in [0.2, 0.25) is 0 Å². The van der Waals surface area contributed by atoms with E-state index in [2.05, 4.69) is 26.1 Å². The van der Waals surface area contributed by atoms with Crippen LogP contribution in [-0.2, 0) is 4.74 Å². The first-order valence-corrected chi connectivity index (χ1v) is 7.27. The zero-order chi connectivity index (χ0) is 13.8. The maximum absolute atomic E-state index is 12.0. The molecule has 4 nitrogen and oxygen atoms in total. The average molecular weight is 348 g/mol. The molecule has 1 saturated heterocycles. The van der Waals surface area contributed by atoms with Gasteiger partial charge >= 0.3 is 0 Å². The van der Waals surface area contributed by atoms with Gasteiger partial charge in [-0.2, -0.15) is 0 Å². The molecule has 6 heteroatoms. The quantitative estimate of drug-likeness (QED) is 0.911. The fourth-order valence-corrected chi connectivity index (χ4v) is 2.83. The van der Waals surface area contributed by atoms with Gasteiger partial charge in [-0.15, -0.1) is 0 Å². The second kappa shape index (κ2) is 6.70. The van der Waals surface area contributed by atoms with E-state index in [9.17, 15) is 4.79 Å². The molecule has 1 aliphatic heterocycles. The van der Waals surface area contributed by atoms with E-state index in [4.69, 9.17) is 16.3 Å². The summed E-state index contributed by atoms with van der Waals surface area (Å²) in [4.78, 5) is 14.2. The lowest BCUT2D eigenvalue weighted by atomic mass is 10.2. The molecule has 104 valence electrons. The summed E-state index contributed by atoms with van der Waals surface area (Å²) < 4.78 is 6.29. The summed E-state index contributed by atoms with van der Waals surface area (Å²) in [6, 6.07) is 5.11. The summed E-state index contributed by atoms with van der Waals surface area (Å²) in [5.74, 6) is -0.125. The average Bonchev–Trinajstić information content (AvgIpc) is 2.36. The van der Waals surface area contributed by atoms with Crippen LogP contribution in [0, 0.1) is 0 Å². The molecule has 0 bridgehead atoms. The molecule has 1 heterocycles. The summed E-state index contributed by atoms with van der Waals surface area (Å²) in [7, 11) is 2.05. The highest BCUT2D eigenvalue weighted by Crippen LogP contribution is 2.21. The monoisotopic (exact) mass is 346 g/mol. The van der Waals surface area contributed by atoms with E-state index in [-0.39, 0.29) is 12.0 Å². The van der Waals surface area contributed by atoms with Crippen LogP contribution in [0.15, 0.2) is 22.7 Å². The molecule has 1 N–H and O–H groups in total. The molecule has 0 aliphatic carbocycles. The van der Waals surface area contributed by atoms with Crippen LogP contribution in [0.4, 0.5) is 0 Å². The van der Waals surface area contributed by atoms with Crippen molar-refractivity contribution in [3.8, 4) is 0 Å². The summed E-state index contributed by atoms with van der Waals surface area (Å²) >= 11 is 9.19. The van der Waals surface area contributed by atoms with E-state index in [1.807, 2.05) is 7.05 Å². The van der Waals surface area contributed by atoms with Crippen molar-refractivity contribution >= 4 is 33.4 Å². The second-order valence-electron chi connectivity index (χ2n) is 4.59. The van der Waals surface area contributed by atoms with Crippen molar-refractivity contribution in [2.75, 3.05) is 33.3 Å². The maximum atomic E-state index is 12.0. The summed E-state index contributed by atoms with van der Waals surface area (Å²) in [6.45, 7) is 3.00. The van der Waals surface area contributed by atoms with Gasteiger partial charge in [-0.25, -0.2) is 0 Å². The third-order valence-electron chi connectivity index (χ3n) is 3.01. The van der Waals surface area contributed by atoms with Crippen LogP contribution in [0.25, 0.3) is 0 Å². The van der Waals surface area contributed by atoms with E-state index in [0.717, 1.165) is 13.1 Å². The number of hydrogen-bond donors (Lipinski definition) is 1. The topological polar surface area (TPSA) is 41.6 Å². The van der Waals surface area contributed by atoms with E-state index in [0.29, 0.717) is 28.2 Å². The Morgan fingerprint density at radius 2 is 2.42 bits per heavy atom. The van der Waals surface area contributed by atoms with Gasteiger partial charge in [0, 0.05) is 29.1 Å². The first kappa shape index (κ1) is 14.8. The Morgan fingerprint density at radius 3 is 3.11 bits per heavy atom. The van der Waals surface area contributed by atoms with Crippen molar-refractivity contribution in [1.82, 2.24) is 10.2 Å². The molecular weight excluding hydrogens is 332 g/mol. The van der Waals surface area contributed by atoms with Crippen molar-refractivity contribution in [1.29, 1.82) is 0 Å². The first-order chi connectivity index (χ1) is 9.06. The Morgan fingerprint density at radius 1 is 1.63 bits per heavy atom. The Balaban J connectivity index is 1.90. The fraction of sp³-hybridized carbons (Fsp3) is 0.462. The van der Waals surface area contributed by atoms with Crippen LogP contribution < -0.4 is 5.32 Å². The number of benzene rings is 1. The Kier molecular flexibility index (Phi) is 5.21. The highest BCUT2D eigenvalue weighted by molar-refractivity contribution is 9.10. The minimum absolute atomic E-state index is 0.0498. The lowest BCUT2D eigenvalue weighted by Gasteiger charge is -2.30. The van der Waals surface area contributed by atoms with Crippen molar-refractivity contribution in [2.24, 2.45) is 0 Å². The molecule has 1 aromatic carbocycles. The predicted octanol–water partition coefficient (Wildman–Crippen LogP) is 2.16. The van der Waals surface area contributed by atoms with E-state index >= 15 is 0 Å². The number of morpholine rings is 1. The number of hydrogen-bond acceptors (Lipinski definition) is 3. The zero-order valence-corrected chi connectivity index (χ0v) is 13.0. The Labute approximate surface area is 126 Å². The highest BCUT2D eigenvalue weighted by atomic mass is 79.9. The van der Waals surface area contributed by atoms with Gasteiger partial charge < -0.3 is 15.0 Å². The summed E-state index contributed by atoms with van der Waals surface area (Å²) in [5, 5.41) is 3.48. The van der Waals surface area contributed by atoms with Gasteiger partial charge in [-0.1, -0.05) is 11.6 Å². The highest BCUT2D eigenvalue weighted by Gasteiger charge is 2.19. The SMILES string of the molecule is CN1CCOC(CNC(=O)c2ccc(Cl)cc2Br)C1. The van der Waals surface area contributed by atoms with Gasteiger partial charge in [0.1, 0.15) is 0 Å². The van der Waals surface area contributed by atoms with Crippen LogP contribution >= 0.6 is 27.5 Å². The summed E-state index contributed by atoms with van der Waals surface area (Å²) in [6.07, 6.45) is 0.0498. The van der Waals surface area contributed by atoms with Crippen LogP contribution in [0.2, 0.25) is 5.02 Å². The number of likely N-dealkylation sites (N-methyl/N-ethyl adjacent to an activating group) is 1. The predicted molar refractivity (Wildman–Crippen MR) is 78.7 cm³/mol. The number of carbonyl (C=O) groups is 1. The Bertz CT molecular complexity index is 470. The molecule has 1 unspecified atom stereocenters. The lowest BCUT2D eigenvalue weighted by Crippen LogP contribution is -2.45. The molecule has 0 radical (unpaired) electrons. The van der Waals surface area contributed by atoms with Crippen LogP contribution in [0.1, 0.15) is 10.4 Å².